The number of hydrogen-bond donors (Lipinski definition) is 1. The first-order chi connectivity index (χ1) is 12.2. The predicted molar refractivity (Wildman–Crippen MR) is 90.0 cm³/mol. The first-order valence-electron chi connectivity index (χ1n) is 7.99. The number of ether oxygens (including phenoxy) is 1. The van der Waals surface area contributed by atoms with Crippen LogP contribution in [0.15, 0.2) is 42.9 Å². The van der Waals surface area contributed by atoms with E-state index < -0.39 is 0 Å². The van der Waals surface area contributed by atoms with Gasteiger partial charge in [-0.2, -0.15) is 5.26 Å². The molecule has 3 heterocycles. The zero-order valence-corrected chi connectivity index (χ0v) is 13.3. The lowest BCUT2D eigenvalue weighted by Gasteiger charge is -2.17. The summed E-state index contributed by atoms with van der Waals surface area (Å²) in [5, 5.41) is 10.1. The number of nitriles is 1. The molecular weight excluding hydrogens is 318 g/mol. The first kappa shape index (κ1) is 15.1. The Balaban J connectivity index is 1.46. The van der Waals surface area contributed by atoms with E-state index in [9.17, 15) is 4.79 Å². The highest BCUT2D eigenvalue weighted by atomic mass is 16.5. The van der Waals surface area contributed by atoms with Crippen LogP contribution in [0.2, 0.25) is 0 Å². The van der Waals surface area contributed by atoms with Crippen LogP contribution in [-0.2, 0) is 0 Å². The van der Waals surface area contributed by atoms with Crippen molar-refractivity contribution in [3.05, 3.63) is 54.1 Å². The Hall–Kier alpha value is -3.40. The molecule has 4 rings (SSSR count). The zero-order chi connectivity index (χ0) is 17.2. The number of aromatic nitrogens is 3. The maximum atomic E-state index is 12.7. The van der Waals surface area contributed by atoms with Gasteiger partial charge in [0.1, 0.15) is 12.2 Å². The van der Waals surface area contributed by atoms with Crippen LogP contribution in [0.3, 0.4) is 0 Å². The molecule has 0 bridgehead atoms. The topological polar surface area (TPSA) is 94.9 Å². The molecule has 0 radical (unpaired) electrons. The number of nitrogens with zero attached hydrogens (tertiary/aromatic N) is 4. The highest BCUT2D eigenvalue weighted by molar-refractivity contribution is 5.98. The van der Waals surface area contributed by atoms with E-state index in [2.05, 4.69) is 15.0 Å². The molecular formula is C18H15N5O2. The molecule has 1 amide bonds. The number of hydrogen-bond acceptors (Lipinski definition) is 5. The summed E-state index contributed by atoms with van der Waals surface area (Å²) in [4.78, 5) is 25.6. The number of benzene rings is 1. The predicted octanol–water partition coefficient (Wildman–Crippen LogP) is 2.12. The van der Waals surface area contributed by atoms with Gasteiger partial charge in [0.2, 0.25) is 5.69 Å². The highest BCUT2D eigenvalue weighted by Gasteiger charge is 2.29. The zero-order valence-electron chi connectivity index (χ0n) is 13.3. The SMILES string of the molecule is N#Cc1nccnc1OC1CCN(C(=O)c2ccc3cc[nH]c3c2)C1. The summed E-state index contributed by atoms with van der Waals surface area (Å²) in [7, 11) is 0. The van der Waals surface area contributed by atoms with E-state index >= 15 is 0 Å². The van der Waals surface area contributed by atoms with E-state index in [4.69, 9.17) is 10.00 Å². The largest absolute Gasteiger partial charge is 0.470 e. The van der Waals surface area contributed by atoms with E-state index in [-0.39, 0.29) is 23.6 Å². The van der Waals surface area contributed by atoms with Gasteiger partial charge in [0.15, 0.2) is 0 Å². The van der Waals surface area contributed by atoms with Gasteiger partial charge < -0.3 is 14.6 Å². The summed E-state index contributed by atoms with van der Waals surface area (Å²) in [5.41, 5.74) is 1.74. The van der Waals surface area contributed by atoms with Crippen molar-refractivity contribution in [3.63, 3.8) is 0 Å². The number of H-pyrrole nitrogens is 1. The van der Waals surface area contributed by atoms with Crippen LogP contribution < -0.4 is 4.74 Å². The van der Waals surface area contributed by atoms with E-state index in [0.717, 1.165) is 10.9 Å². The quantitative estimate of drug-likeness (QED) is 0.792. The molecule has 3 aromatic rings. The third-order valence-electron chi connectivity index (χ3n) is 4.28. The lowest BCUT2D eigenvalue weighted by atomic mass is 10.1. The van der Waals surface area contributed by atoms with Gasteiger partial charge in [-0.05, 0) is 23.6 Å². The Morgan fingerprint density at radius 2 is 2.20 bits per heavy atom. The molecule has 1 N–H and O–H groups in total. The fraction of sp³-hybridized carbons (Fsp3) is 0.222. The Kier molecular flexibility index (Phi) is 3.78. The molecule has 1 atom stereocenters. The summed E-state index contributed by atoms with van der Waals surface area (Å²) >= 11 is 0. The van der Waals surface area contributed by atoms with Crippen LogP contribution in [-0.4, -0.2) is 45.0 Å². The average Bonchev–Trinajstić information content (AvgIpc) is 3.30. The molecule has 1 unspecified atom stereocenters. The minimum absolute atomic E-state index is 0.0257. The van der Waals surface area contributed by atoms with E-state index in [1.807, 2.05) is 36.5 Å². The van der Waals surface area contributed by atoms with Crippen molar-refractivity contribution < 1.29 is 9.53 Å². The van der Waals surface area contributed by atoms with Crippen LogP contribution in [0.1, 0.15) is 22.5 Å². The number of aromatic amines is 1. The smallest absolute Gasteiger partial charge is 0.254 e. The Bertz CT molecular complexity index is 975. The van der Waals surface area contributed by atoms with Crippen molar-refractivity contribution in [1.29, 1.82) is 5.26 Å². The minimum atomic E-state index is -0.193. The van der Waals surface area contributed by atoms with Crippen LogP contribution >= 0.6 is 0 Å². The molecule has 1 fully saturated rings. The van der Waals surface area contributed by atoms with Crippen LogP contribution in [0, 0.1) is 11.3 Å². The summed E-state index contributed by atoms with van der Waals surface area (Å²) in [6, 6.07) is 9.56. The second kappa shape index (κ2) is 6.24. The third kappa shape index (κ3) is 2.90. The van der Waals surface area contributed by atoms with E-state index in [1.165, 1.54) is 12.4 Å². The molecule has 1 aromatic carbocycles. The van der Waals surface area contributed by atoms with Gasteiger partial charge in [0, 0.05) is 42.6 Å². The molecule has 7 nitrogen and oxygen atoms in total. The summed E-state index contributed by atoms with van der Waals surface area (Å²) in [6.45, 7) is 1.07. The van der Waals surface area contributed by atoms with Crippen molar-refractivity contribution >= 4 is 16.8 Å². The highest BCUT2D eigenvalue weighted by Crippen LogP contribution is 2.21. The van der Waals surface area contributed by atoms with Crippen molar-refractivity contribution in [1.82, 2.24) is 19.9 Å². The van der Waals surface area contributed by atoms with Gasteiger partial charge in [0.05, 0.1) is 6.54 Å². The summed E-state index contributed by atoms with van der Waals surface area (Å²) < 4.78 is 5.78. The van der Waals surface area contributed by atoms with Crippen molar-refractivity contribution in [3.8, 4) is 11.9 Å². The van der Waals surface area contributed by atoms with Gasteiger partial charge in [-0.3, -0.25) is 4.79 Å². The van der Waals surface area contributed by atoms with Gasteiger partial charge in [-0.1, -0.05) is 6.07 Å². The number of nitrogens with one attached hydrogen (secondary N) is 1. The van der Waals surface area contributed by atoms with Gasteiger partial charge in [-0.25, -0.2) is 9.97 Å². The fourth-order valence-corrected chi connectivity index (χ4v) is 3.02. The molecule has 25 heavy (non-hydrogen) atoms. The Labute approximate surface area is 143 Å². The van der Waals surface area contributed by atoms with Gasteiger partial charge >= 0.3 is 0 Å². The molecule has 0 aliphatic carbocycles. The number of rotatable bonds is 3. The monoisotopic (exact) mass is 333 g/mol. The number of carbonyl (C=O) groups is 1. The van der Waals surface area contributed by atoms with Crippen LogP contribution in [0.25, 0.3) is 10.9 Å². The molecule has 0 spiro atoms. The van der Waals surface area contributed by atoms with Gasteiger partial charge in [0.25, 0.3) is 11.8 Å². The maximum absolute atomic E-state index is 12.7. The van der Waals surface area contributed by atoms with Crippen LogP contribution in [0.5, 0.6) is 5.88 Å². The normalized spacial score (nSPS) is 16.8. The molecule has 1 aliphatic rings. The Morgan fingerprint density at radius 1 is 1.32 bits per heavy atom. The first-order valence-corrected chi connectivity index (χ1v) is 7.99. The Morgan fingerprint density at radius 3 is 3.08 bits per heavy atom. The van der Waals surface area contributed by atoms with Crippen LogP contribution in [0.4, 0.5) is 0 Å². The second-order valence-electron chi connectivity index (χ2n) is 5.88. The van der Waals surface area contributed by atoms with Crippen molar-refractivity contribution in [2.75, 3.05) is 13.1 Å². The lowest BCUT2D eigenvalue weighted by Crippen LogP contribution is -2.31. The standard InChI is InChI=1S/C18H15N5O2/c19-10-16-17(22-7-6-21-16)25-14-4-8-23(11-14)18(24)13-2-1-12-3-5-20-15(12)9-13/h1-3,5-7,9,14,20H,4,8,11H2. The molecule has 7 heteroatoms. The summed E-state index contributed by atoms with van der Waals surface area (Å²) in [6.07, 6.45) is 5.29. The minimum Gasteiger partial charge on any atom is -0.470 e. The molecule has 124 valence electrons. The lowest BCUT2D eigenvalue weighted by molar-refractivity contribution is 0.0771. The second-order valence-corrected chi connectivity index (χ2v) is 5.88. The molecule has 1 saturated heterocycles. The fourth-order valence-electron chi connectivity index (χ4n) is 3.02. The third-order valence-corrected chi connectivity index (χ3v) is 4.28. The summed E-state index contributed by atoms with van der Waals surface area (Å²) in [5.74, 6) is 0.194. The number of fused-ring (bicyclic) bond motifs is 1. The van der Waals surface area contributed by atoms with Crippen molar-refractivity contribution in [2.24, 2.45) is 0 Å². The molecule has 1 aliphatic heterocycles. The maximum Gasteiger partial charge on any atom is 0.254 e. The molecule has 0 saturated carbocycles. The van der Waals surface area contributed by atoms with Gasteiger partial charge in [-0.15, -0.1) is 0 Å². The van der Waals surface area contributed by atoms with E-state index in [1.54, 1.807) is 4.90 Å². The molecule has 2 aromatic heterocycles. The number of carbonyl (C=O) groups excluding carboxylic acids is 1. The van der Waals surface area contributed by atoms with E-state index in [0.29, 0.717) is 25.1 Å². The number of amides is 1. The van der Waals surface area contributed by atoms with Crippen molar-refractivity contribution in [2.45, 2.75) is 12.5 Å². The number of likely N-dealkylation sites (tertiary alicyclic amines) is 1. The average molecular weight is 333 g/mol.